The molecule has 134 valence electrons. The van der Waals surface area contributed by atoms with Gasteiger partial charge in [-0.1, -0.05) is 17.7 Å². The van der Waals surface area contributed by atoms with Gasteiger partial charge in [0.2, 0.25) is 0 Å². The summed E-state index contributed by atoms with van der Waals surface area (Å²) in [5.41, 5.74) is 0.479. The Morgan fingerprint density at radius 3 is 2.23 bits per heavy atom. The van der Waals surface area contributed by atoms with E-state index in [0.29, 0.717) is 10.7 Å². The lowest BCUT2D eigenvalue weighted by molar-refractivity contribution is 0.0697. The fourth-order valence-corrected chi connectivity index (χ4v) is 4.71. The van der Waals surface area contributed by atoms with Gasteiger partial charge >= 0.3 is 5.97 Å². The summed E-state index contributed by atoms with van der Waals surface area (Å²) in [5.74, 6) is -1.07. The average molecular weight is 408 g/mol. The van der Waals surface area contributed by atoms with Crippen molar-refractivity contribution in [2.24, 2.45) is 0 Å². The number of benzene rings is 2. The fourth-order valence-electron chi connectivity index (χ4n) is 2.36. The first-order chi connectivity index (χ1) is 12.4. The molecule has 3 aromatic rings. The standard InChI is InChI=1S/C18H14ClNO4S2/c19-14-5-9-17(10-6-14)26(23,24)20(12-16-2-1-11-25-16)15-7-3-13(4-8-15)18(21)22/h1-11H,12H2,(H,21,22). The fraction of sp³-hybridized carbons (Fsp3) is 0.0556. The van der Waals surface area contributed by atoms with Crippen LogP contribution in [0, 0.1) is 0 Å². The smallest absolute Gasteiger partial charge is 0.335 e. The van der Waals surface area contributed by atoms with Crippen LogP contribution in [0.1, 0.15) is 15.2 Å². The van der Waals surface area contributed by atoms with Crippen LogP contribution in [0.5, 0.6) is 0 Å². The normalized spacial score (nSPS) is 11.3. The highest BCUT2D eigenvalue weighted by Crippen LogP contribution is 2.28. The van der Waals surface area contributed by atoms with Gasteiger partial charge in [0.1, 0.15) is 0 Å². The number of nitrogens with zero attached hydrogens (tertiary/aromatic N) is 1. The number of aromatic carboxylic acids is 1. The van der Waals surface area contributed by atoms with Gasteiger partial charge in [-0.05, 0) is 60.0 Å². The van der Waals surface area contributed by atoms with Crippen LogP contribution in [0.2, 0.25) is 5.02 Å². The molecule has 26 heavy (non-hydrogen) atoms. The first kappa shape index (κ1) is 18.4. The number of sulfonamides is 1. The van der Waals surface area contributed by atoms with Crippen molar-refractivity contribution < 1.29 is 18.3 Å². The molecule has 0 bridgehead atoms. The van der Waals surface area contributed by atoms with E-state index < -0.39 is 16.0 Å². The number of carboxylic acid groups (broad SMARTS) is 1. The third kappa shape index (κ3) is 3.90. The topological polar surface area (TPSA) is 74.7 Å². The Morgan fingerprint density at radius 2 is 1.69 bits per heavy atom. The Morgan fingerprint density at radius 1 is 1.04 bits per heavy atom. The van der Waals surface area contributed by atoms with Gasteiger partial charge in [-0.25, -0.2) is 13.2 Å². The molecule has 1 heterocycles. The van der Waals surface area contributed by atoms with Crippen LogP contribution in [0.25, 0.3) is 0 Å². The van der Waals surface area contributed by atoms with E-state index in [0.717, 1.165) is 4.88 Å². The molecule has 1 aromatic heterocycles. The van der Waals surface area contributed by atoms with Gasteiger partial charge in [-0.3, -0.25) is 4.31 Å². The summed E-state index contributed by atoms with van der Waals surface area (Å²) in [6.07, 6.45) is 0. The zero-order valence-electron chi connectivity index (χ0n) is 13.4. The predicted molar refractivity (Wildman–Crippen MR) is 103 cm³/mol. The molecular weight excluding hydrogens is 394 g/mol. The van der Waals surface area contributed by atoms with Crippen molar-refractivity contribution >= 4 is 44.6 Å². The molecule has 0 saturated heterocycles. The monoisotopic (exact) mass is 407 g/mol. The second kappa shape index (κ2) is 7.49. The molecule has 0 aliphatic heterocycles. The summed E-state index contributed by atoms with van der Waals surface area (Å²) < 4.78 is 27.6. The molecule has 1 N–H and O–H groups in total. The summed E-state index contributed by atoms with van der Waals surface area (Å²) in [6, 6.07) is 15.4. The van der Waals surface area contributed by atoms with Gasteiger partial charge in [0, 0.05) is 9.90 Å². The second-order valence-corrected chi connectivity index (χ2v) is 8.73. The summed E-state index contributed by atoms with van der Waals surface area (Å²) >= 11 is 7.30. The average Bonchev–Trinajstić information content (AvgIpc) is 3.13. The van der Waals surface area contributed by atoms with Gasteiger partial charge in [0.15, 0.2) is 0 Å². The summed E-state index contributed by atoms with van der Waals surface area (Å²) in [5, 5.41) is 11.4. The number of hydrogen-bond acceptors (Lipinski definition) is 4. The Bertz CT molecular complexity index is 998. The molecule has 0 saturated carbocycles. The number of thiophene rings is 1. The first-order valence-electron chi connectivity index (χ1n) is 7.52. The van der Waals surface area contributed by atoms with E-state index in [2.05, 4.69) is 0 Å². The van der Waals surface area contributed by atoms with Crippen LogP contribution in [0.3, 0.4) is 0 Å². The van der Waals surface area contributed by atoms with Crippen molar-refractivity contribution in [3.8, 4) is 0 Å². The minimum Gasteiger partial charge on any atom is -0.478 e. The third-order valence-electron chi connectivity index (χ3n) is 3.68. The summed E-state index contributed by atoms with van der Waals surface area (Å²) in [4.78, 5) is 12.0. The largest absolute Gasteiger partial charge is 0.478 e. The van der Waals surface area contributed by atoms with Crippen LogP contribution < -0.4 is 4.31 Å². The quantitative estimate of drug-likeness (QED) is 0.653. The van der Waals surface area contributed by atoms with Gasteiger partial charge < -0.3 is 5.11 Å². The Hall–Kier alpha value is -2.35. The SMILES string of the molecule is O=C(O)c1ccc(N(Cc2cccs2)S(=O)(=O)c2ccc(Cl)cc2)cc1. The molecule has 0 atom stereocenters. The van der Waals surface area contributed by atoms with Crippen LogP contribution in [0.4, 0.5) is 5.69 Å². The molecule has 0 aliphatic carbocycles. The lowest BCUT2D eigenvalue weighted by Gasteiger charge is -2.24. The van der Waals surface area contributed by atoms with Crippen LogP contribution in [-0.4, -0.2) is 19.5 Å². The molecular formula is C18H14ClNO4S2. The van der Waals surface area contributed by atoms with Gasteiger partial charge in [-0.15, -0.1) is 11.3 Å². The van der Waals surface area contributed by atoms with E-state index in [4.69, 9.17) is 16.7 Å². The third-order valence-corrected chi connectivity index (χ3v) is 6.58. The first-order valence-corrected chi connectivity index (χ1v) is 10.2. The Labute approximate surface area is 160 Å². The highest BCUT2D eigenvalue weighted by atomic mass is 35.5. The van der Waals surface area contributed by atoms with Crippen LogP contribution in [-0.2, 0) is 16.6 Å². The van der Waals surface area contributed by atoms with E-state index in [1.807, 2.05) is 17.5 Å². The second-order valence-electron chi connectivity index (χ2n) is 5.40. The number of carboxylic acids is 1. The molecule has 0 amide bonds. The maximum absolute atomic E-state index is 13.2. The van der Waals surface area contributed by atoms with E-state index >= 15 is 0 Å². The number of hydrogen-bond donors (Lipinski definition) is 1. The minimum atomic E-state index is -3.85. The highest BCUT2D eigenvalue weighted by Gasteiger charge is 2.25. The van der Waals surface area contributed by atoms with Crippen molar-refractivity contribution in [2.75, 3.05) is 4.31 Å². The van der Waals surface area contributed by atoms with Crippen molar-refractivity contribution in [1.82, 2.24) is 0 Å². The predicted octanol–water partition coefficient (Wildman–Crippen LogP) is 4.50. The van der Waals surface area contributed by atoms with Crippen molar-refractivity contribution in [3.63, 3.8) is 0 Å². The number of rotatable bonds is 6. The maximum atomic E-state index is 13.2. The number of halogens is 1. The van der Waals surface area contributed by atoms with E-state index in [9.17, 15) is 13.2 Å². The molecule has 0 aliphatic rings. The maximum Gasteiger partial charge on any atom is 0.335 e. The lowest BCUT2D eigenvalue weighted by atomic mass is 10.2. The van der Waals surface area contributed by atoms with Gasteiger partial charge in [0.25, 0.3) is 10.0 Å². The van der Waals surface area contributed by atoms with Crippen LogP contribution >= 0.6 is 22.9 Å². The Balaban J connectivity index is 2.05. The molecule has 2 aromatic carbocycles. The number of anilines is 1. The van der Waals surface area contributed by atoms with Gasteiger partial charge in [0.05, 0.1) is 22.7 Å². The molecule has 0 radical (unpaired) electrons. The molecule has 3 rings (SSSR count). The zero-order valence-corrected chi connectivity index (χ0v) is 15.8. The minimum absolute atomic E-state index is 0.0914. The lowest BCUT2D eigenvalue weighted by Crippen LogP contribution is -2.30. The van der Waals surface area contributed by atoms with Crippen molar-refractivity contribution in [3.05, 3.63) is 81.5 Å². The number of carbonyl (C=O) groups is 1. The highest BCUT2D eigenvalue weighted by molar-refractivity contribution is 7.92. The molecule has 0 fully saturated rings. The summed E-state index contributed by atoms with van der Waals surface area (Å²) in [7, 11) is -3.85. The summed E-state index contributed by atoms with van der Waals surface area (Å²) in [6.45, 7) is 0.148. The zero-order chi connectivity index (χ0) is 18.7. The molecule has 8 heteroatoms. The molecule has 0 unspecified atom stereocenters. The van der Waals surface area contributed by atoms with Gasteiger partial charge in [-0.2, -0.15) is 0 Å². The van der Waals surface area contributed by atoms with Crippen molar-refractivity contribution in [1.29, 1.82) is 0 Å². The van der Waals surface area contributed by atoms with E-state index in [1.165, 1.54) is 64.2 Å². The van der Waals surface area contributed by atoms with E-state index in [1.54, 1.807) is 0 Å². The molecule has 5 nitrogen and oxygen atoms in total. The Kier molecular flexibility index (Phi) is 5.31. The van der Waals surface area contributed by atoms with E-state index in [-0.39, 0.29) is 17.0 Å². The van der Waals surface area contributed by atoms with Crippen LogP contribution in [0.15, 0.2) is 70.9 Å². The molecule has 0 spiro atoms. The van der Waals surface area contributed by atoms with Crippen molar-refractivity contribution in [2.45, 2.75) is 11.4 Å².